The molecule has 116 valence electrons. The van der Waals surface area contributed by atoms with E-state index in [1.807, 2.05) is 38.1 Å². The van der Waals surface area contributed by atoms with E-state index in [0.29, 0.717) is 6.42 Å². The standard InChI is InChI=1S/C20H24O2/c1-3-16-13-20(12-15-8-5-4-6-9-15)17(14(2)19(16)22)10-7-11-18(20)21/h3-6,8-9,18,21H,7,10-13H2,1-2H3/b16-3+/t18-,20-/m0/s1. The van der Waals surface area contributed by atoms with Crippen molar-refractivity contribution in [2.24, 2.45) is 5.41 Å². The van der Waals surface area contributed by atoms with Gasteiger partial charge in [0.25, 0.3) is 0 Å². The van der Waals surface area contributed by atoms with Crippen LogP contribution < -0.4 is 0 Å². The maximum atomic E-state index is 12.5. The Morgan fingerprint density at radius 2 is 2.05 bits per heavy atom. The van der Waals surface area contributed by atoms with Gasteiger partial charge in [-0.15, -0.1) is 0 Å². The first-order chi connectivity index (χ1) is 10.6. The summed E-state index contributed by atoms with van der Waals surface area (Å²) in [5.74, 6) is 0.176. The molecule has 0 amide bonds. The van der Waals surface area contributed by atoms with Crippen LogP contribution in [-0.4, -0.2) is 17.0 Å². The number of carbonyl (C=O) groups is 1. The van der Waals surface area contributed by atoms with Crippen molar-refractivity contribution >= 4 is 5.78 Å². The molecule has 2 heteroatoms. The van der Waals surface area contributed by atoms with E-state index in [-0.39, 0.29) is 17.3 Å². The van der Waals surface area contributed by atoms with Crippen LogP contribution in [0.3, 0.4) is 0 Å². The summed E-state index contributed by atoms with van der Waals surface area (Å²) in [6.07, 6.45) is 5.79. The predicted molar refractivity (Wildman–Crippen MR) is 88.5 cm³/mol. The highest BCUT2D eigenvalue weighted by atomic mass is 16.3. The minimum atomic E-state index is -0.366. The Morgan fingerprint density at radius 3 is 2.73 bits per heavy atom. The van der Waals surface area contributed by atoms with Gasteiger partial charge in [0.15, 0.2) is 5.78 Å². The monoisotopic (exact) mass is 296 g/mol. The Hall–Kier alpha value is -1.67. The van der Waals surface area contributed by atoms with Gasteiger partial charge in [-0.25, -0.2) is 0 Å². The van der Waals surface area contributed by atoms with E-state index in [9.17, 15) is 9.90 Å². The molecule has 2 nitrogen and oxygen atoms in total. The normalized spacial score (nSPS) is 30.6. The van der Waals surface area contributed by atoms with E-state index >= 15 is 0 Å². The second-order valence-electron chi connectivity index (χ2n) is 6.65. The maximum Gasteiger partial charge on any atom is 0.184 e. The van der Waals surface area contributed by atoms with Crippen LogP contribution in [0.15, 0.2) is 53.1 Å². The number of aliphatic hydroxyl groups is 1. The number of benzene rings is 1. The molecule has 0 aromatic heterocycles. The van der Waals surface area contributed by atoms with Crippen LogP contribution in [0.25, 0.3) is 0 Å². The van der Waals surface area contributed by atoms with Crippen molar-refractivity contribution in [2.45, 2.75) is 52.1 Å². The van der Waals surface area contributed by atoms with Crippen molar-refractivity contribution in [3.63, 3.8) is 0 Å². The van der Waals surface area contributed by atoms with E-state index in [4.69, 9.17) is 0 Å². The topological polar surface area (TPSA) is 37.3 Å². The highest BCUT2D eigenvalue weighted by Gasteiger charge is 2.48. The van der Waals surface area contributed by atoms with Crippen LogP contribution in [0, 0.1) is 5.41 Å². The van der Waals surface area contributed by atoms with Gasteiger partial charge in [-0.1, -0.05) is 42.0 Å². The lowest BCUT2D eigenvalue weighted by Crippen LogP contribution is -2.46. The first-order valence-electron chi connectivity index (χ1n) is 8.20. The Kier molecular flexibility index (Phi) is 4.05. The van der Waals surface area contributed by atoms with Gasteiger partial charge in [-0.05, 0) is 62.7 Å². The fraction of sp³-hybridized carbons (Fsp3) is 0.450. The molecule has 0 bridgehead atoms. The molecule has 1 saturated carbocycles. The molecule has 0 aliphatic heterocycles. The molecule has 3 rings (SSSR count). The lowest BCUT2D eigenvalue weighted by atomic mass is 9.57. The number of allylic oxidation sites excluding steroid dienone is 3. The lowest BCUT2D eigenvalue weighted by Gasteiger charge is -2.47. The first-order valence-corrected chi connectivity index (χ1v) is 8.20. The Morgan fingerprint density at radius 1 is 1.32 bits per heavy atom. The highest BCUT2D eigenvalue weighted by Crippen LogP contribution is 2.52. The third-order valence-electron chi connectivity index (χ3n) is 5.44. The van der Waals surface area contributed by atoms with E-state index < -0.39 is 0 Å². The summed E-state index contributed by atoms with van der Waals surface area (Å²) in [4.78, 5) is 12.5. The van der Waals surface area contributed by atoms with Gasteiger partial charge in [0.05, 0.1) is 6.10 Å². The minimum absolute atomic E-state index is 0.176. The molecule has 0 spiro atoms. The molecule has 2 aliphatic carbocycles. The van der Waals surface area contributed by atoms with Crippen molar-refractivity contribution in [1.29, 1.82) is 0 Å². The van der Waals surface area contributed by atoms with Crippen LogP contribution in [0.2, 0.25) is 0 Å². The van der Waals surface area contributed by atoms with Gasteiger partial charge in [-0.2, -0.15) is 0 Å². The second-order valence-corrected chi connectivity index (χ2v) is 6.65. The van der Waals surface area contributed by atoms with Gasteiger partial charge in [-0.3, -0.25) is 4.79 Å². The zero-order valence-electron chi connectivity index (χ0n) is 13.4. The summed E-state index contributed by atoms with van der Waals surface area (Å²) in [5, 5.41) is 10.9. The average Bonchev–Trinajstić information content (AvgIpc) is 2.54. The molecule has 2 aliphatic rings. The van der Waals surface area contributed by atoms with Crippen molar-refractivity contribution in [3.05, 3.63) is 58.7 Å². The Bertz CT molecular complexity index is 639. The Labute approximate surface area is 132 Å². The van der Waals surface area contributed by atoms with Gasteiger partial charge >= 0.3 is 0 Å². The van der Waals surface area contributed by atoms with Crippen LogP contribution in [-0.2, 0) is 11.2 Å². The third-order valence-corrected chi connectivity index (χ3v) is 5.44. The fourth-order valence-electron chi connectivity index (χ4n) is 4.26. The minimum Gasteiger partial charge on any atom is -0.392 e. The highest BCUT2D eigenvalue weighted by molar-refractivity contribution is 6.09. The third kappa shape index (κ3) is 2.36. The summed E-state index contributed by atoms with van der Waals surface area (Å²) in [7, 11) is 0. The lowest BCUT2D eigenvalue weighted by molar-refractivity contribution is -0.113. The maximum absolute atomic E-state index is 12.5. The van der Waals surface area contributed by atoms with Gasteiger partial charge < -0.3 is 5.11 Å². The molecular weight excluding hydrogens is 272 g/mol. The van der Waals surface area contributed by atoms with Crippen molar-refractivity contribution < 1.29 is 9.90 Å². The molecule has 0 radical (unpaired) electrons. The molecule has 2 atom stereocenters. The van der Waals surface area contributed by atoms with Gasteiger partial charge in [0.1, 0.15) is 0 Å². The molecule has 22 heavy (non-hydrogen) atoms. The first kappa shape index (κ1) is 15.2. The second kappa shape index (κ2) is 5.85. The van der Waals surface area contributed by atoms with Crippen LogP contribution in [0.1, 0.15) is 45.1 Å². The number of ketones is 1. The van der Waals surface area contributed by atoms with Gasteiger partial charge in [0, 0.05) is 5.41 Å². The van der Waals surface area contributed by atoms with Gasteiger partial charge in [0.2, 0.25) is 0 Å². The van der Waals surface area contributed by atoms with Crippen LogP contribution in [0.4, 0.5) is 0 Å². The van der Waals surface area contributed by atoms with E-state index in [2.05, 4.69) is 12.1 Å². The summed E-state index contributed by atoms with van der Waals surface area (Å²) in [6, 6.07) is 10.3. The summed E-state index contributed by atoms with van der Waals surface area (Å²) < 4.78 is 0. The summed E-state index contributed by atoms with van der Waals surface area (Å²) in [6.45, 7) is 3.87. The SMILES string of the molecule is C/C=C1\C[C@@]2(Cc3ccccc3)C(=C(C)C1=O)CCC[C@@H]2O. The van der Waals surface area contributed by atoms with Crippen molar-refractivity contribution in [2.75, 3.05) is 0 Å². The number of fused-ring (bicyclic) bond motifs is 1. The summed E-state index contributed by atoms with van der Waals surface area (Å²) >= 11 is 0. The molecule has 0 saturated heterocycles. The molecule has 1 fully saturated rings. The molecular formula is C20H24O2. The fourth-order valence-corrected chi connectivity index (χ4v) is 4.26. The van der Waals surface area contributed by atoms with Crippen molar-refractivity contribution in [1.82, 2.24) is 0 Å². The van der Waals surface area contributed by atoms with Crippen LogP contribution >= 0.6 is 0 Å². The number of carbonyl (C=O) groups excluding carboxylic acids is 1. The molecule has 0 heterocycles. The Balaban J connectivity index is 2.11. The average molecular weight is 296 g/mol. The number of Topliss-reactive ketones (excluding diaryl/α,β-unsaturated/α-hetero) is 1. The number of hydrogen-bond donors (Lipinski definition) is 1. The quantitative estimate of drug-likeness (QED) is 0.838. The van der Waals surface area contributed by atoms with E-state index in [1.54, 1.807) is 0 Å². The number of rotatable bonds is 2. The zero-order chi connectivity index (χ0) is 15.7. The molecule has 1 aromatic carbocycles. The number of hydrogen-bond acceptors (Lipinski definition) is 2. The molecule has 1 aromatic rings. The number of aliphatic hydroxyl groups excluding tert-OH is 1. The predicted octanol–water partition coefficient (Wildman–Crippen LogP) is 4.00. The summed E-state index contributed by atoms with van der Waals surface area (Å²) in [5.41, 5.74) is 3.87. The molecule has 1 N–H and O–H groups in total. The van der Waals surface area contributed by atoms with E-state index in [0.717, 1.165) is 36.8 Å². The largest absolute Gasteiger partial charge is 0.392 e. The van der Waals surface area contributed by atoms with Crippen LogP contribution in [0.5, 0.6) is 0 Å². The zero-order valence-corrected chi connectivity index (χ0v) is 13.4. The van der Waals surface area contributed by atoms with E-state index in [1.165, 1.54) is 11.1 Å². The van der Waals surface area contributed by atoms with Crippen molar-refractivity contribution in [3.8, 4) is 0 Å². The molecule has 0 unspecified atom stereocenters. The smallest absolute Gasteiger partial charge is 0.184 e.